The van der Waals surface area contributed by atoms with Crippen molar-refractivity contribution in [2.75, 3.05) is 27.7 Å². The SMILES string of the molecule is CNCCCC(c1cccc(Br)c1)N(C)C. The maximum atomic E-state index is 3.53. The second-order valence-electron chi connectivity index (χ2n) is 4.28. The molecule has 1 atom stereocenters. The minimum Gasteiger partial charge on any atom is -0.320 e. The van der Waals surface area contributed by atoms with E-state index in [1.807, 2.05) is 7.05 Å². The maximum Gasteiger partial charge on any atom is 0.0342 e. The molecule has 1 aromatic carbocycles. The number of hydrogen-bond donors (Lipinski definition) is 1. The quantitative estimate of drug-likeness (QED) is 0.808. The van der Waals surface area contributed by atoms with Crippen LogP contribution in [0.4, 0.5) is 0 Å². The van der Waals surface area contributed by atoms with Crippen LogP contribution in [0.5, 0.6) is 0 Å². The zero-order chi connectivity index (χ0) is 12.0. The molecule has 0 heterocycles. The van der Waals surface area contributed by atoms with Gasteiger partial charge in [0.15, 0.2) is 0 Å². The average Bonchev–Trinajstić information content (AvgIpc) is 2.24. The summed E-state index contributed by atoms with van der Waals surface area (Å²) in [6.45, 7) is 1.08. The number of hydrogen-bond acceptors (Lipinski definition) is 2. The molecule has 0 radical (unpaired) electrons. The molecule has 0 saturated carbocycles. The van der Waals surface area contributed by atoms with Crippen molar-refractivity contribution in [1.82, 2.24) is 10.2 Å². The van der Waals surface area contributed by atoms with Crippen LogP contribution >= 0.6 is 15.9 Å². The van der Waals surface area contributed by atoms with Gasteiger partial charge in [0, 0.05) is 10.5 Å². The van der Waals surface area contributed by atoms with Gasteiger partial charge in [-0.1, -0.05) is 28.1 Å². The largest absolute Gasteiger partial charge is 0.320 e. The molecule has 0 bridgehead atoms. The number of rotatable bonds is 6. The molecule has 0 fully saturated rings. The minimum atomic E-state index is 0.505. The van der Waals surface area contributed by atoms with E-state index in [2.05, 4.69) is 64.5 Å². The summed E-state index contributed by atoms with van der Waals surface area (Å²) in [5, 5.41) is 3.20. The van der Waals surface area contributed by atoms with Crippen molar-refractivity contribution in [3.8, 4) is 0 Å². The van der Waals surface area contributed by atoms with Gasteiger partial charge in [-0.15, -0.1) is 0 Å². The van der Waals surface area contributed by atoms with Gasteiger partial charge in [-0.25, -0.2) is 0 Å². The van der Waals surface area contributed by atoms with E-state index in [1.54, 1.807) is 0 Å². The molecular formula is C13H21BrN2. The average molecular weight is 285 g/mol. The Kier molecular flexibility index (Phi) is 6.03. The number of nitrogens with zero attached hydrogens (tertiary/aromatic N) is 1. The second kappa shape index (κ2) is 7.05. The molecular weight excluding hydrogens is 264 g/mol. The van der Waals surface area contributed by atoms with Crippen LogP contribution in [0, 0.1) is 0 Å². The summed E-state index contributed by atoms with van der Waals surface area (Å²) in [4.78, 5) is 2.29. The second-order valence-corrected chi connectivity index (χ2v) is 5.20. The first-order chi connectivity index (χ1) is 7.65. The van der Waals surface area contributed by atoms with Crippen molar-refractivity contribution in [1.29, 1.82) is 0 Å². The van der Waals surface area contributed by atoms with Gasteiger partial charge < -0.3 is 10.2 Å². The number of halogens is 1. The molecule has 0 aliphatic rings. The Morgan fingerprint density at radius 3 is 2.69 bits per heavy atom. The van der Waals surface area contributed by atoms with Crippen LogP contribution in [-0.2, 0) is 0 Å². The smallest absolute Gasteiger partial charge is 0.0342 e. The fourth-order valence-electron chi connectivity index (χ4n) is 1.91. The standard InChI is InChI=1S/C13H21BrN2/c1-15-9-5-8-13(16(2)3)11-6-4-7-12(14)10-11/h4,6-7,10,13,15H,5,8-9H2,1-3H3. The van der Waals surface area contributed by atoms with Gasteiger partial charge in [-0.2, -0.15) is 0 Å². The fraction of sp³-hybridized carbons (Fsp3) is 0.538. The number of nitrogens with one attached hydrogen (secondary N) is 1. The van der Waals surface area contributed by atoms with Crippen LogP contribution in [0.1, 0.15) is 24.4 Å². The number of benzene rings is 1. The van der Waals surface area contributed by atoms with Crippen molar-refractivity contribution < 1.29 is 0 Å². The summed E-state index contributed by atoms with van der Waals surface area (Å²) in [6, 6.07) is 9.10. The van der Waals surface area contributed by atoms with Crippen LogP contribution in [-0.4, -0.2) is 32.6 Å². The monoisotopic (exact) mass is 284 g/mol. The van der Waals surface area contributed by atoms with Crippen LogP contribution in [0.15, 0.2) is 28.7 Å². The van der Waals surface area contributed by atoms with Crippen LogP contribution in [0.25, 0.3) is 0 Å². The third-order valence-electron chi connectivity index (χ3n) is 2.76. The molecule has 1 rings (SSSR count). The molecule has 0 amide bonds. The Morgan fingerprint density at radius 1 is 1.38 bits per heavy atom. The molecule has 0 aliphatic carbocycles. The summed E-state index contributed by atoms with van der Waals surface area (Å²) < 4.78 is 1.16. The summed E-state index contributed by atoms with van der Waals surface area (Å²) in [7, 11) is 6.29. The minimum absolute atomic E-state index is 0.505. The lowest BCUT2D eigenvalue weighted by atomic mass is 10.0. The summed E-state index contributed by atoms with van der Waals surface area (Å²) in [5.74, 6) is 0. The predicted octanol–water partition coefficient (Wildman–Crippen LogP) is 3.05. The first kappa shape index (κ1) is 13.7. The summed E-state index contributed by atoms with van der Waals surface area (Å²) in [6.07, 6.45) is 2.39. The van der Waals surface area contributed by atoms with Crippen LogP contribution < -0.4 is 5.32 Å². The van der Waals surface area contributed by atoms with Gasteiger partial charge in [0.1, 0.15) is 0 Å². The molecule has 0 spiro atoms. The van der Waals surface area contributed by atoms with Gasteiger partial charge in [-0.3, -0.25) is 0 Å². The van der Waals surface area contributed by atoms with Gasteiger partial charge in [0.2, 0.25) is 0 Å². The highest BCUT2D eigenvalue weighted by Crippen LogP contribution is 2.25. The van der Waals surface area contributed by atoms with Crippen molar-refractivity contribution in [3.63, 3.8) is 0 Å². The molecule has 90 valence electrons. The van der Waals surface area contributed by atoms with Crippen molar-refractivity contribution in [2.24, 2.45) is 0 Å². The van der Waals surface area contributed by atoms with E-state index >= 15 is 0 Å². The lowest BCUT2D eigenvalue weighted by molar-refractivity contribution is 0.279. The lowest BCUT2D eigenvalue weighted by Gasteiger charge is -2.25. The van der Waals surface area contributed by atoms with Crippen LogP contribution in [0.2, 0.25) is 0 Å². The van der Waals surface area contributed by atoms with E-state index in [0.717, 1.165) is 11.0 Å². The summed E-state index contributed by atoms with van der Waals surface area (Å²) in [5.41, 5.74) is 1.38. The topological polar surface area (TPSA) is 15.3 Å². The molecule has 1 aromatic rings. The van der Waals surface area contributed by atoms with Crippen molar-refractivity contribution >= 4 is 15.9 Å². The first-order valence-electron chi connectivity index (χ1n) is 5.71. The van der Waals surface area contributed by atoms with Gasteiger partial charge in [0.05, 0.1) is 0 Å². The van der Waals surface area contributed by atoms with Crippen LogP contribution in [0.3, 0.4) is 0 Å². The van der Waals surface area contributed by atoms with E-state index < -0.39 is 0 Å². The van der Waals surface area contributed by atoms with E-state index in [9.17, 15) is 0 Å². The lowest BCUT2D eigenvalue weighted by Crippen LogP contribution is -2.21. The van der Waals surface area contributed by atoms with E-state index in [1.165, 1.54) is 18.4 Å². The van der Waals surface area contributed by atoms with Gasteiger partial charge in [-0.05, 0) is 58.2 Å². The molecule has 0 aliphatic heterocycles. The predicted molar refractivity (Wildman–Crippen MR) is 73.7 cm³/mol. The molecule has 3 heteroatoms. The van der Waals surface area contributed by atoms with Crippen molar-refractivity contribution in [3.05, 3.63) is 34.3 Å². The molecule has 2 nitrogen and oxygen atoms in total. The first-order valence-corrected chi connectivity index (χ1v) is 6.51. The molecule has 16 heavy (non-hydrogen) atoms. The summed E-state index contributed by atoms with van der Waals surface area (Å²) >= 11 is 3.53. The Morgan fingerprint density at radius 2 is 2.12 bits per heavy atom. The van der Waals surface area contributed by atoms with Crippen molar-refractivity contribution in [2.45, 2.75) is 18.9 Å². The third kappa shape index (κ3) is 4.24. The zero-order valence-electron chi connectivity index (χ0n) is 10.3. The normalized spacial score (nSPS) is 13.1. The third-order valence-corrected chi connectivity index (χ3v) is 3.25. The maximum absolute atomic E-state index is 3.53. The fourth-order valence-corrected chi connectivity index (χ4v) is 2.33. The Balaban J connectivity index is 2.69. The van der Waals surface area contributed by atoms with E-state index in [0.29, 0.717) is 6.04 Å². The highest BCUT2D eigenvalue weighted by Gasteiger charge is 2.13. The Bertz CT molecular complexity index is 313. The van der Waals surface area contributed by atoms with E-state index in [-0.39, 0.29) is 0 Å². The Labute approximate surface area is 107 Å². The highest BCUT2D eigenvalue weighted by atomic mass is 79.9. The molecule has 1 unspecified atom stereocenters. The molecule has 0 saturated heterocycles. The van der Waals surface area contributed by atoms with Gasteiger partial charge >= 0.3 is 0 Å². The highest BCUT2D eigenvalue weighted by molar-refractivity contribution is 9.10. The van der Waals surface area contributed by atoms with Gasteiger partial charge in [0.25, 0.3) is 0 Å². The Hall–Kier alpha value is -0.380. The zero-order valence-corrected chi connectivity index (χ0v) is 11.9. The van der Waals surface area contributed by atoms with E-state index in [4.69, 9.17) is 0 Å². The molecule has 1 N–H and O–H groups in total. The molecule has 0 aromatic heterocycles.